The Morgan fingerprint density at radius 1 is 0.920 bits per heavy atom. The molecule has 0 N–H and O–H groups in total. The zero-order valence-electron chi connectivity index (χ0n) is 17.1. The van der Waals surface area contributed by atoms with Gasteiger partial charge in [-0.05, 0) is 19.3 Å². The first-order valence-electron chi connectivity index (χ1n) is 10.0. The number of unbranched alkanes of at least 4 members (excludes halogenated alkanes) is 4. The Hall–Kier alpha value is -0.200. The molecule has 0 aromatic rings. The van der Waals surface area contributed by atoms with E-state index in [0.29, 0.717) is 12.7 Å². The fraction of sp³-hybridized carbons (Fsp3) is 1.00. The molecule has 0 spiro atoms. The van der Waals surface area contributed by atoms with E-state index < -0.39 is 5.97 Å². The number of hydrogen-bond donors (Lipinski definition) is 0. The van der Waals surface area contributed by atoms with E-state index >= 15 is 0 Å². The summed E-state index contributed by atoms with van der Waals surface area (Å²) in [5.74, 6) is -0.847. The molecule has 3 atom stereocenters. The van der Waals surface area contributed by atoms with Gasteiger partial charge < -0.3 is 23.7 Å². The third kappa shape index (κ3) is 8.35. The highest BCUT2D eigenvalue weighted by atomic mass is 16.9. The van der Waals surface area contributed by atoms with Crippen molar-refractivity contribution in [2.75, 3.05) is 34.5 Å². The average molecular weight is 361 g/mol. The Labute approximate surface area is 154 Å². The predicted molar refractivity (Wildman–Crippen MR) is 99.6 cm³/mol. The van der Waals surface area contributed by atoms with Crippen molar-refractivity contribution in [2.45, 2.75) is 89.8 Å². The van der Waals surface area contributed by atoms with Crippen LogP contribution in [0.1, 0.15) is 71.6 Å². The summed E-state index contributed by atoms with van der Waals surface area (Å²) in [7, 11) is 4.96. The summed E-state index contributed by atoms with van der Waals surface area (Å²) in [6.07, 6.45) is 10.7. The summed E-state index contributed by atoms with van der Waals surface area (Å²) in [6, 6.07) is 0. The zero-order valence-corrected chi connectivity index (χ0v) is 17.1. The second kappa shape index (κ2) is 13.0. The predicted octanol–water partition coefficient (Wildman–Crippen LogP) is 4.53. The normalized spacial score (nSPS) is 19.8. The van der Waals surface area contributed by atoms with Gasteiger partial charge in [0.05, 0.1) is 19.3 Å². The van der Waals surface area contributed by atoms with Crippen molar-refractivity contribution in [2.24, 2.45) is 5.92 Å². The van der Waals surface area contributed by atoms with Crippen molar-refractivity contribution in [1.29, 1.82) is 0 Å². The van der Waals surface area contributed by atoms with Crippen LogP contribution in [0.4, 0.5) is 0 Å². The molecule has 1 aliphatic heterocycles. The summed E-state index contributed by atoms with van der Waals surface area (Å²) >= 11 is 0. The Bertz CT molecular complexity index is 307. The molecule has 1 saturated heterocycles. The molecule has 0 aromatic heterocycles. The van der Waals surface area contributed by atoms with Gasteiger partial charge in [0.1, 0.15) is 6.10 Å². The standard InChI is InChI=1S/C20H40O5/c1-6-8-10-11-13-18(24-15-19-16-25-19)14-17(12-9-7-2)20(21-3,22-4)23-5/h17-19H,6-16H2,1-5H3. The van der Waals surface area contributed by atoms with Gasteiger partial charge in [0.25, 0.3) is 5.97 Å². The molecular weight excluding hydrogens is 320 g/mol. The third-order valence-electron chi connectivity index (χ3n) is 5.11. The van der Waals surface area contributed by atoms with E-state index in [2.05, 4.69) is 13.8 Å². The van der Waals surface area contributed by atoms with Crippen LogP contribution in [0.2, 0.25) is 0 Å². The molecule has 0 aliphatic carbocycles. The van der Waals surface area contributed by atoms with Gasteiger partial charge in [-0.3, -0.25) is 0 Å². The third-order valence-corrected chi connectivity index (χ3v) is 5.11. The van der Waals surface area contributed by atoms with Gasteiger partial charge in [-0.25, -0.2) is 0 Å². The van der Waals surface area contributed by atoms with Crippen molar-refractivity contribution in [3.63, 3.8) is 0 Å². The first kappa shape index (κ1) is 22.8. The van der Waals surface area contributed by atoms with Crippen LogP contribution in [0.25, 0.3) is 0 Å². The molecule has 1 heterocycles. The van der Waals surface area contributed by atoms with Gasteiger partial charge in [0.15, 0.2) is 0 Å². The first-order chi connectivity index (χ1) is 12.2. The molecule has 0 saturated carbocycles. The van der Waals surface area contributed by atoms with Gasteiger partial charge in [-0.15, -0.1) is 0 Å². The number of rotatable bonds is 17. The Kier molecular flexibility index (Phi) is 11.9. The zero-order chi connectivity index (χ0) is 18.5. The number of hydrogen-bond acceptors (Lipinski definition) is 5. The molecule has 1 rings (SSSR count). The van der Waals surface area contributed by atoms with Crippen molar-refractivity contribution < 1.29 is 23.7 Å². The molecule has 0 bridgehead atoms. The van der Waals surface area contributed by atoms with Crippen LogP contribution in [-0.2, 0) is 23.7 Å². The highest BCUT2D eigenvalue weighted by molar-refractivity contribution is 4.77. The van der Waals surface area contributed by atoms with Gasteiger partial charge >= 0.3 is 0 Å². The van der Waals surface area contributed by atoms with Crippen molar-refractivity contribution in [3.8, 4) is 0 Å². The number of ether oxygens (including phenoxy) is 5. The fourth-order valence-corrected chi connectivity index (χ4v) is 3.43. The van der Waals surface area contributed by atoms with Crippen LogP contribution in [-0.4, -0.2) is 52.7 Å². The Balaban J connectivity index is 2.68. The van der Waals surface area contributed by atoms with Crippen LogP contribution >= 0.6 is 0 Å². The molecule has 3 unspecified atom stereocenters. The minimum atomic E-state index is -0.990. The van der Waals surface area contributed by atoms with Gasteiger partial charge in [-0.1, -0.05) is 52.4 Å². The molecule has 0 radical (unpaired) electrons. The summed E-state index contributed by atoms with van der Waals surface area (Å²) in [4.78, 5) is 0. The van der Waals surface area contributed by atoms with Crippen LogP contribution in [0.3, 0.4) is 0 Å². The lowest BCUT2D eigenvalue weighted by molar-refractivity contribution is -0.382. The molecule has 0 aromatic carbocycles. The quantitative estimate of drug-likeness (QED) is 0.217. The monoisotopic (exact) mass is 360 g/mol. The second-order valence-electron chi connectivity index (χ2n) is 7.05. The van der Waals surface area contributed by atoms with E-state index in [9.17, 15) is 0 Å². The molecule has 150 valence electrons. The Morgan fingerprint density at radius 3 is 2.08 bits per heavy atom. The maximum atomic E-state index is 6.19. The van der Waals surface area contributed by atoms with Crippen molar-refractivity contribution in [1.82, 2.24) is 0 Å². The minimum Gasteiger partial charge on any atom is -0.375 e. The van der Waals surface area contributed by atoms with Crippen LogP contribution in [0.15, 0.2) is 0 Å². The highest BCUT2D eigenvalue weighted by Gasteiger charge is 2.41. The molecule has 25 heavy (non-hydrogen) atoms. The maximum absolute atomic E-state index is 6.19. The average Bonchev–Trinajstić information content (AvgIpc) is 3.46. The SMILES string of the molecule is CCCCCCC(CC(CCCC)C(OC)(OC)OC)OCC1CO1. The van der Waals surface area contributed by atoms with Crippen LogP contribution in [0, 0.1) is 5.92 Å². The summed E-state index contributed by atoms with van der Waals surface area (Å²) in [5, 5.41) is 0. The van der Waals surface area contributed by atoms with Crippen LogP contribution in [0.5, 0.6) is 0 Å². The van der Waals surface area contributed by atoms with Gasteiger partial charge in [-0.2, -0.15) is 0 Å². The van der Waals surface area contributed by atoms with Crippen LogP contribution < -0.4 is 0 Å². The molecule has 0 amide bonds. The Morgan fingerprint density at radius 2 is 1.56 bits per heavy atom. The minimum absolute atomic E-state index is 0.142. The molecule has 1 fully saturated rings. The maximum Gasteiger partial charge on any atom is 0.285 e. The highest BCUT2D eigenvalue weighted by Crippen LogP contribution is 2.34. The van der Waals surface area contributed by atoms with E-state index in [1.54, 1.807) is 21.3 Å². The smallest absolute Gasteiger partial charge is 0.285 e. The number of methoxy groups -OCH3 is 3. The van der Waals surface area contributed by atoms with E-state index in [1.807, 2.05) is 0 Å². The van der Waals surface area contributed by atoms with E-state index in [0.717, 1.165) is 38.7 Å². The molecule has 1 aliphatic rings. The molecule has 5 heteroatoms. The van der Waals surface area contributed by atoms with E-state index in [4.69, 9.17) is 23.7 Å². The largest absolute Gasteiger partial charge is 0.375 e. The first-order valence-corrected chi connectivity index (χ1v) is 10.0. The van der Waals surface area contributed by atoms with E-state index in [1.165, 1.54) is 25.7 Å². The lowest BCUT2D eigenvalue weighted by atomic mass is 9.90. The van der Waals surface area contributed by atoms with E-state index in [-0.39, 0.29) is 12.0 Å². The molecule has 5 nitrogen and oxygen atoms in total. The van der Waals surface area contributed by atoms with Crippen molar-refractivity contribution >= 4 is 0 Å². The van der Waals surface area contributed by atoms with Gasteiger partial charge in [0, 0.05) is 27.2 Å². The fourth-order valence-electron chi connectivity index (χ4n) is 3.43. The number of epoxide rings is 1. The topological polar surface area (TPSA) is 49.5 Å². The lowest BCUT2D eigenvalue weighted by Crippen LogP contribution is -2.45. The summed E-state index contributed by atoms with van der Waals surface area (Å²) < 4.78 is 28.5. The second-order valence-corrected chi connectivity index (χ2v) is 7.05. The van der Waals surface area contributed by atoms with Crippen molar-refractivity contribution in [3.05, 3.63) is 0 Å². The lowest BCUT2D eigenvalue weighted by Gasteiger charge is -2.38. The summed E-state index contributed by atoms with van der Waals surface area (Å²) in [6.45, 7) is 5.97. The summed E-state index contributed by atoms with van der Waals surface area (Å²) in [5.41, 5.74) is 0. The van der Waals surface area contributed by atoms with Gasteiger partial charge in [0.2, 0.25) is 0 Å². The molecular formula is C20H40O5.